The highest BCUT2D eigenvalue weighted by Gasteiger charge is 2.29. The average molecular weight is 294 g/mol. The number of hydrogen-bond acceptors (Lipinski definition) is 7. The number of carbonyl (C=O) groups excluding carboxylic acids is 1. The Morgan fingerprint density at radius 3 is 3.05 bits per heavy atom. The maximum atomic E-state index is 12.1. The van der Waals surface area contributed by atoms with E-state index in [-0.39, 0.29) is 11.2 Å². The lowest BCUT2D eigenvalue weighted by molar-refractivity contribution is -0.115. The molecule has 0 saturated heterocycles. The van der Waals surface area contributed by atoms with E-state index in [2.05, 4.69) is 26.0 Å². The van der Waals surface area contributed by atoms with Gasteiger partial charge >= 0.3 is 0 Å². The summed E-state index contributed by atoms with van der Waals surface area (Å²) in [6.45, 7) is 3.57. The number of tetrazole rings is 1. The molecule has 1 N–H and O–H groups in total. The van der Waals surface area contributed by atoms with Crippen molar-refractivity contribution < 1.29 is 9.32 Å². The van der Waals surface area contributed by atoms with Gasteiger partial charge in [-0.25, -0.2) is 4.68 Å². The summed E-state index contributed by atoms with van der Waals surface area (Å²) in [5.74, 6) is 0.911. The summed E-state index contributed by atoms with van der Waals surface area (Å²) < 4.78 is 6.69. The summed E-state index contributed by atoms with van der Waals surface area (Å²) in [5, 5.41) is 18.4. The number of aromatic nitrogens is 5. The predicted molar refractivity (Wildman–Crippen MR) is 71.3 cm³/mol. The van der Waals surface area contributed by atoms with Crippen LogP contribution in [0.5, 0.6) is 0 Å². The summed E-state index contributed by atoms with van der Waals surface area (Å²) >= 11 is 1.34. The lowest BCUT2D eigenvalue weighted by Gasteiger charge is -2.09. The Morgan fingerprint density at radius 1 is 1.60 bits per heavy atom. The van der Waals surface area contributed by atoms with Crippen LogP contribution in [0.3, 0.4) is 0 Å². The van der Waals surface area contributed by atoms with Crippen LogP contribution in [0.15, 0.2) is 15.7 Å². The van der Waals surface area contributed by atoms with E-state index in [9.17, 15) is 4.79 Å². The van der Waals surface area contributed by atoms with E-state index in [1.165, 1.54) is 11.8 Å². The fourth-order valence-electron chi connectivity index (χ4n) is 1.68. The topological polar surface area (TPSA) is 98.7 Å². The van der Waals surface area contributed by atoms with Crippen LogP contribution in [-0.2, 0) is 4.79 Å². The standard InChI is InChI=1S/C11H14N6O2S/c1-6-5-9(14-19-6)12-10(18)7(2)20-11-13-15-16-17(11)8-3-4-8/h5,7-8H,3-4H2,1-2H3,(H,12,14,18)/t7-/m0/s1. The van der Waals surface area contributed by atoms with Crippen molar-refractivity contribution in [3.8, 4) is 0 Å². The highest BCUT2D eigenvalue weighted by Crippen LogP contribution is 2.37. The van der Waals surface area contributed by atoms with Crippen molar-refractivity contribution in [1.82, 2.24) is 25.4 Å². The molecule has 1 atom stereocenters. The third kappa shape index (κ3) is 2.82. The number of hydrogen-bond donors (Lipinski definition) is 1. The molecule has 1 saturated carbocycles. The van der Waals surface area contributed by atoms with Crippen LogP contribution in [0, 0.1) is 6.92 Å². The minimum atomic E-state index is -0.324. The molecule has 2 aromatic heterocycles. The van der Waals surface area contributed by atoms with Gasteiger partial charge in [0.2, 0.25) is 11.1 Å². The van der Waals surface area contributed by atoms with Gasteiger partial charge in [0.15, 0.2) is 5.82 Å². The molecule has 9 heteroatoms. The number of nitrogens with one attached hydrogen (secondary N) is 1. The van der Waals surface area contributed by atoms with Gasteiger partial charge in [0.1, 0.15) is 5.76 Å². The zero-order chi connectivity index (χ0) is 14.1. The predicted octanol–water partition coefficient (Wildman–Crippen LogP) is 1.42. The quantitative estimate of drug-likeness (QED) is 0.832. The molecule has 20 heavy (non-hydrogen) atoms. The molecule has 1 aliphatic carbocycles. The first kappa shape index (κ1) is 13.1. The fraction of sp³-hybridized carbons (Fsp3) is 0.545. The van der Waals surface area contributed by atoms with Gasteiger partial charge in [-0.2, -0.15) is 0 Å². The third-order valence-corrected chi connectivity index (χ3v) is 3.93. The minimum Gasteiger partial charge on any atom is -0.360 e. The summed E-state index contributed by atoms with van der Waals surface area (Å²) in [7, 11) is 0. The highest BCUT2D eigenvalue weighted by atomic mass is 32.2. The molecule has 2 aromatic rings. The molecule has 0 unspecified atom stereocenters. The average Bonchev–Trinajstić information content (AvgIpc) is 3.03. The normalized spacial score (nSPS) is 16.1. The number of anilines is 1. The minimum absolute atomic E-state index is 0.159. The van der Waals surface area contributed by atoms with E-state index < -0.39 is 0 Å². The lowest BCUT2D eigenvalue weighted by atomic mass is 10.4. The number of thioether (sulfide) groups is 1. The summed E-state index contributed by atoms with van der Waals surface area (Å²) in [6, 6.07) is 2.06. The maximum absolute atomic E-state index is 12.1. The van der Waals surface area contributed by atoms with Crippen molar-refractivity contribution in [2.75, 3.05) is 5.32 Å². The van der Waals surface area contributed by atoms with E-state index in [1.54, 1.807) is 24.6 Å². The van der Waals surface area contributed by atoms with Gasteiger partial charge in [0, 0.05) is 6.07 Å². The summed E-state index contributed by atoms with van der Waals surface area (Å²) in [6.07, 6.45) is 2.19. The van der Waals surface area contributed by atoms with Crippen molar-refractivity contribution in [3.05, 3.63) is 11.8 Å². The molecule has 0 aromatic carbocycles. The molecule has 0 spiro atoms. The second-order valence-corrected chi connectivity index (χ2v) is 6.02. The van der Waals surface area contributed by atoms with Crippen LogP contribution < -0.4 is 5.32 Å². The third-order valence-electron chi connectivity index (χ3n) is 2.89. The van der Waals surface area contributed by atoms with Crippen LogP contribution >= 0.6 is 11.8 Å². The Bertz CT molecular complexity index is 620. The molecule has 1 aliphatic rings. The molecule has 0 aliphatic heterocycles. The zero-order valence-electron chi connectivity index (χ0n) is 11.1. The van der Waals surface area contributed by atoms with Crippen LogP contribution in [-0.4, -0.2) is 36.5 Å². The fourth-order valence-corrected chi connectivity index (χ4v) is 2.54. The van der Waals surface area contributed by atoms with Crippen molar-refractivity contribution >= 4 is 23.5 Å². The number of aryl methyl sites for hydroxylation is 1. The van der Waals surface area contributed by atoms with E-state index >= 15 is 0 Å². The number of carbonyl (C=O) groups is 1. The molecule has 0 radical (unpaired) electrons. The van der Waals surface area contributed by atoms with E-state index in [0.29, 0.717) is 22.8 Å². The van der Waals surface area contributed by atoms with Gasteiger partial charge in [-0.05, 0) is 37.1 Å². The Labute approximate surface area is 119 Å². The zero-order valence-corrected chi connectivity index (χ0v) is 11.9. The molecule has 0 bridgehead atoms. The second-order valence-electron chi connectivity index (χ2n) is 4.71. The number of rotatable bonds is 5. The smallest absolute Gasteiger partial charge is 0.238 e. The molecule has 1 amide bonds. The Kier molecular flexibility index (Phi) is 3.43. The Hall–Kier alpha value is -1.90. The van der Waals surface area contributed by atoms with E-state index in [1.807, 2.05) is 0 Å². The summed E-state index contributed by atoms with van der Waals surface area (Å²) in [4.78, 5) is 12.1. The van der Waals surface area contributed by atoms with Gasteiger partial charge < -0.3 is 9.84 Å². The molecule has 106 valence electrons. The Morgan fingerprint density at radius 2 is 2.40 bits per heavy atom. The molecule has 3 rings (SSSR count). The van der Waals surface area contributed by atoms with E-state index in [0.717, 1.165) is 12.8 Å². The van der Waals surface area contributed by atoms with Crippen LogP contribution in [0.2, 0.25) is 0 Å². The monoisotopic (exact) mass is 294 g/mol. The maximum Gasteiger partial charge on any atom is 0.238 e. The first-order valence-electron chi connectivity index (χ1n) is 6.32. The van der Waals surface area contributed by atoms with Gasteiger partial charge in [-0.1, -0.05) is 16.9 Å². The largest absolute Gasteiger partial charge is 0.360 e. The van der Waals surface area contributed by atoms with Gasteiger partial charge in [0.05, 0.1) is 11.3 Å². The Balaban J connectivity index is 1.61. The first-order chi connectivity index (χ1) is 9.63. The molecule has 1 fully saturated rings. The van der Waals surface area contributed by atoms with Crippen LogP contribution in [0.4, 0.5) is 5.82 Å². The SMILES string of the molecule is Cc1cc(NC(=O)[C@H](C)Sc2nnnn2C2CC2)no1. The molecular formula is C11H14N6O2S. The van der Waals surface area contributed by atoms with Gasteiger partial charge in [-0.15, -0.1) is 5.10 Å². The lowest BCUT2D eigenvalue weighted by Crippen LogP contribution is -2.23. The van der Waals surface area contributed by atoms with Gasteiger partial charge in [0.25, 0.3) is 0 Å². The van der Waals surface area contributed by atoms with Crippen molar-refractivity contribution in [3.63, 3.8) is 0 Å². The van der Waals surface area contributed by atoms with Crippen molar-refractivity contribution in [2.24, 2.45) is 0 Å². The first-order valence-corrected chi connectivity index (χ1v) is 7.20. The van der Waals surface area contributed by atoms with Crippen LogP contribution in [0.1, 0.15) is 31.6 Å². The van der Waals surface area contributed by atoms with Crippen molar-refractivity contribution in [1.29, 1.82) is 0 Å². The number of amides is 1. The molecule has 2 heterocycles. The van der Waals surface area contributed by atoms with E-state index in [4.69, 9.17) is 4.52 Å². The van der Waals surface area contributed by atoms with Crippen LogP contribution in [0.25, 0.3) is 0 Å². The van der Waals surface area contributed by atoms with Crippen molar-refractivity contribution in [2.45, 2.75) is 43.1 Å². The highest BCUT2D eigenvalue weighted by molar-refractivity contribution is 8.00. The molecule has 8 nitrogen and oxygen atoms in total. The van der Waals surface area contributed by atoms with Gasteiger partial charge in [-0.3, -0.25) is 4.79 Å². The summed E-state index contributed by atoms with van der Waals surface area (Å²) in [5.41, 5.74) is 0. The molecular weight excluding hydrogens is 280 g/mol. The number of nitrogens with zero attached hydrogens (tertiary/aromatic N) is 5. The second kappa shape index (κ2) is 5.23.